The molecular weight excluding hydrogens is 841 g/mol. The molecule has 0 saturated heterocycles. The average molecular weight is 952 g/mol. The van der Waals surface area contributed by atoms with E-state index in [4.69, 9.17) is 14.2 Å². The zero-order chi connectivity index (χ0) is 49.3. The number of allylic oxidation sites excluding steroid dienone is 10. The summed E-state index contributed by atoms with van der Waals surface area (Å²) in [5, 5.41) is 0. The first kappa shape index (κ1) is 65.1. The maximum atomic E-state index is 12.8. The average Bonchev–Trinajstić information content (AvgIpc) is 3.34. The highest BCUT2D eigenvalue weighted by atomic mass is 16.6. The molecule has 0 aliphatic rings. The largest absolute Gasteiger partial charge is 0.462 e. The number of ether oxygens (including phenoxy) is 3. The first-order valence-corrected chi connectivity index (χ1v) is 29.3. The van der Waals surface area contributed by atoms with Crippen molar-refractivity contribution >= 4 is 17.9 Å². The first-order chi connectivity index (χ1) is 33.5. The Morgan fingerprint density at radius 1 is 0.309 bits per heavy atom. The van der Waals surface area contributed by atoms with E-state index in [1.54, 1.807) is 0 Å². The van der Waals surface area contributed by atoms with Crippen molar-refractivity contribution in [1.29, 1.82) is 0 Å². The zero-order valence-electron chi connectivity index (χ0n) is 45.1. The van der Waals surface area contributed by atoms with Gasteiger partial charge in [0, 0.05) is 19.3 Å². The van der Waals surface area contributed by atoms with Crippen molar-refractivity contribution < 1.29 is 28.6 Å². The van der Waals surface area contributed by atoms with E-state index < -0.39 is 6.10 Å². The van der Waals surface area contributed by atoms with Crippen molar-refractivity contribution in [2.24, 2.45) is 0 Å². The van der Waals surface area contributed by atoms with Gasteiger partial charge in [-0.3, -0.25) is 14.4 Å². The number of carbonyl (C=O) groups is 3. The third-order valence-corrected chi connectivity index (χ3v) is 12.8. The number of rotatable bonds is 53. The van der Waals surface area contributed by atoms with E-state index in [-0.39, 0.29) is 31.1 Å². The number of hydrogen-bond acceptors (Lipinski definition) is 6. The molecule has 0 aliphatic heterocycles. The summed E-state index contributed by atoms with van der Waals surface area (Å²) in [7, 11) is 0. The highest BCUT2D eigenvalue weighted by Gasteiger charge is 2.19. The molecule has 0 amide bonds. The summed E-state index contributed by atoms with van der Waals surface area (Å²) in [5.74, 6) is -0.872. The molecule has 1 atom stereocenters. The third-order valence-electron chi connectivity index (χ3n) is 12.8. The van der Waals surface area contributed by atoms with Crippen molar-refractivity contribution in [1.82, 2.24) is 0 Å². The summed E-state index contributed by atoms with van der Waals surface area (Å²) in [6.45, 7) is 6.54. The van der Waals surface area contributed by atoms with Crippen LogP contribution in [0.3, 0.4) is 0 Å². The summed E-state index contributed by atoms with van der Waals surface area (Å²) in [6.07, 6.45) is 70.7. The van der Waals surface area contributed by atoms with Gasteiger partial charge in [-0.25, -0.2) is 0 Å². The zero-order valence-corrected chi connectivity index (χ0v) is 45.1. The molecule has 0 fully saturated rings. The lowest BCUT2D eigenvalue weighted by molar-refractivity contribution is -0.167. The third kappa shape index (κ3) is 54.1. The Balaban J connectivity index is 4.29. The molecule has 68 heavy (non-hydrogen) atoms. The Hall–Kier alpha value is -2.89. The highest BCUT2D eigenvalue weighted by Crippen LogP contribution is 2.16. The molecule has 0 aliphatic carbocycles. The molecule has 0 aromatic carbocycles. The molecule has 0 heterocycles. The van der Waals surface area contributed by atoms with Crippen LogP contribution in [0.2, 0.25) is 0 Å². The fourth-order valence-corrected chi connectivity index (χ4v) is 8.41. The lowest BCUT2D eigenvalue weighted by atomic mass is 10.0. The quantitative estimate of drug-likeness (QED) is 0.0262. The SMILES string of the molecule is CC/C=C\C/C=C\C/C=C\C/C=C\C/C=C\CCCCCCCCCC(=O)OCC(COC(=O)CCCCCCCCCCCC)OC(=O)CCCCCCCCCCCCCCCCCCC. The van der Waals surface area contributed by atoms with Crippen molar-refractivity contribution in [3.63, 3.8) is 0 Å². The van der Waals surface area contributed by atoms with Crippen molar-refractivity contribution in [2.75, 3.05) is 13.2 Å². The van der Waals surface area contributed by atoms with E-state index in [0.717, 1.165) is 96.3 Å². The fraction of sp³-hybridized carbons (Fsp3) is 0.790. The van der Waals surface area contributed by atoms with Gasteiger partial charge in [0.05, 0.1) is 0 Å². The van der Waals surface area contributed by atoms with Crippen LogP contribution >= 0.6 is 0 Å². The van der Waals surface area contributed by atoms with Crippen molar-refractivity contribution in [3.8, 4) is 0 Å². The van der Waals surface area contributed by atoms with E-state index in [1.807, 2.05) is 0 Å². The van der Waals surface area contributed by atoms with Gasteiger partial charge in [-0.15, -0.1) is 0 Å². The van der Waals surface area contributed by atoms with Gasteiger partial charge in [0.15, 0.2) is 6.10 Å². The molecule has 0 saturated carbocycles. The lowest BCUT2D eigenvalue weighted by Gasteiger charge is -2.18. The van der Waals surface area contributed by atoms with Gasteiger partial charge in [0.25, 0.3) is 0 Å². The van der Waals surface area contributed by atoms with Crippen molar-refractivity contribution in [3.05, 3.63) is 60.8 Å². The van der Waals surface area contributed by atoms with Crippen LogP contribution in [0, 0.1) is 0 Å². The first-order valence-electron chi connectivity index (χ1n) is 29.3. The van der Waals surface area contributed by atoms with E-state index in [0.29, 0.717) is 19.3 Å². The second-order valence-corrected chi connectivity index (χ2v) is 19.5. The van der Waals surface area contributed by atoms with Gasteiger partial charge in [-0.1, -0.05) is 274 Å². The Kier molecular flexibility index (Phi) is 54.3. The van der Waals surface area contributed by atoms with Gasteiger partial charge in [-0.05, 0) is 64.2 Å². The summed E-state index contributed by atoms with van der Waals surface area (Å²) >= 11 is 0. The molecule has 0 radical (unpaired) electrons. The summed E-state index contributed by atoms with van der Waals surface area (Å²) < 4.78 is 16.9. The van der Waals surface area contributed by atoms with Gasteiger partial charge in [-0.2, -0.15) is 0 Å². The van der Waals surface area contributed by atoms with Crippen LogP contribution in [-0.4, -0.2) is 37.2 Å². The predicted molar refractivity (Wildman–Crippen MR) is 293 cm³/mol. The van der Waals surface area contributed by atoms with Crippen LogP contribution < -0.4 is 0 Å². The van der Waals surface area contributed by atoms with Crippen LogP contribution in [0.4, 0.5) is 0 Å². The minimum Gasteiger partial charge on any atom is -0.462 e. The van der Waals surface area contributed by atoms with E-state index in [1.165, 1.54) is 161 Å². The molecule has 6 heteroatoms. The van der Waals surface area contributed by atoms with Crippen LogP contribution in [0.15, 0.2) is 60.8 Å². The van der Waals surface area contributed by atoms with Gasteiger partial charge in [0.2, 0.25) is 0 Å². The molecule has 0 aromatic rings. The van der Waals surface area contributed by atoms with Crippen molar-refractivity contribution in [2.45, 2.75) is 303 Å². The standard InChI is InChI=1S/C62H110O6/c1-4-7-10-13-16-19-22-24-26-28-29-30-31-32-33-35-36-38-40-43-46-49-52-55-61(64)67-58-59(57-66-60(63)54-51-48-45-42-21-18-15-12-9-6-3)68-62(65)56-53-50-47-44-41-39-37-34-27-25-23-20-17-14-11-8-5-2/h7,10,16,19,24,26,29-30,32-33,59H,4-6,8-9,11-15,17-18,20-23,25,27-28,31,34-58H2,1-3H3/b10-7-,19-16-,26-24-,30-29-,33-32-. The Bertz CT molecular complexity index is 1230. The van der Waals surface area contributed by atoms with Crippen LogP contribution in [0.1, 0.15) is 297 Å². The molecule has 1 unspecified atom stereocenters. The maximum absolute atomic E-state index is 12.8. The normalized spacial score (nSPS) is 12.5. The molecule has 0 N–H and O–H groups in total. The summed E-state index contributed by atoms with van der Waals surface area (Å²) in [5.41, 5.74) is 0. The van der Waals surface area contributed by atoms with Crippen LogP contribution in [0.5, 0.6) is 0 Å². The molecule has 0 bridgehead atoms. The predicted octanol–water partition coefficient (Wildman–Crippen LogP) is 19.6. The Labute approximate surface area is 421 Å². The van der Waals surface area contributed by atoms with Crippen LogP contribution in [-0.2, 0) is 28.6 Å². The molecular formula is C62H110O6. The molecule has 0 aromatic heterocycles. The van der Waals surface area contributed by atoms with E-state index in [9.17, 15) is 14.4 Å². The Morgan fingerprint density at radius 2 is 0.574 bits per heavy atom. The monoisotopic (exact) mass is 951 g/mol. The number of carbonyl (C=O) groups excluding carboxylic acids is 3. The number of hydrogen-bond donors (Lipinski definition) is 0. The summed E-state index contributed by atoms with van der Waals surface area (Å²) in [6, 6.07) is 0. The van der Waals surface area contributed by atoms with Gasteiger partial charge >= 0.3 is 17.9 Å². The number of esters is 3. The molecule has 0 rings (SSSR count). The minimum absolute atomic E-state index is 0.0737. The summed E-state index contributed by atoms with van der Waals surface area (Å²) in [4.78, 5) is 38.1. The second kappa shape index (κ2) is 56.7. The van der Waals surface area contributed by atoms with Gasteiger partial charge in [0.1, 0.15) is 13.2 Å². The minimum atomic E-state index is -0.775. The fourth-order valence-electron chi connectivity index (χ4n) is 8.41. The van der Waals surface area contributed by atoms with Gasteiger partial charge < -0.3 is 14.2 Å². The van der Waals surface area contributed by atoms with E-state index in [2.05, 4.69) is 81.5 Å². The van der Waals surface area contributed by atoms with E-state index >= 15 is 0 Å². The molecule has 394 valence electrons. The smallest absolute Gasteiger partial charge is 0.306 e. The maximum Gasteiger partial charge on any atom is 0.306 e. The Morgan fingerprint density at radius 3 is 0.897 bits per heavy atom. The number of unbranched alkanes of at least 4 members (excludes halogenated alkanes) is 32. The highest BCUT2D eigenvalue weighted by molar-refractivity contribution is 5.71. The molecule has 0 spiro atoms. The lowest BCUT2D eigenvalue weighted by Crippen LogP contribution is -2.30. The topological polar surface area (TPSA) is 78.9 Å². The second-order valence-electron chi connectivity index (χ2n) is 19.5. The van der Waals surface area contributed by atoms with Crippen LogP contribution in [0.25, 0.3) is 0 Å². The molecule has 6 nitrogen and oxygen atoms in total.